The molecule has 0 spiro atoms. The van der Waals surface area contributed by atoms with Crippen LogP contribution in [0.25, 0.3) is 0 Å². The Labute approximate surface area is 122 Å². The fourth-order valence-electron chi connectivity index (χ4n) is 2.36. The summed E-state index contributed by atoms with van der Waals surface area (Å²) in [6, 6.07) is 6.72. The molecule has 0 saturated carbocycles. The van der Waals surface area contributed by atoms with Crippen molar-refractivity contribution in [1.29, 1.82) is 0 Å². The molecule has 0 aromatic heterocycles. The highest BCUT2D eigenvalue weighted by atomic mass is 19.1. The normalized spacial score (nSPS) is 14.5. The Hall–Kier alpha value is -0.930. The van der Waals surface area contributed by atoms with Crippen molar-refractivity contribution in [3.05, 3.63) is 35.6 Å². The quantitative estimate of drug-likeness (QED) is 0.681. The molecule has 20 heavy (non-hydrogen) atoms. The van der Waals surface area contributed by atoms with Crippen molar-refractivity contribution >= 4 is 0 Å². The number of rotatable bonds is 9. The molecule has 2 nitrogen and oxygen atoms in total. The van der Waals surface area contributed by atoms with Gasteiger partial charge >= 0.3 is 0 Å². The predicted octanol–water partition coefficient (Wildman–Crippen LogP) is 4.32. The van der Waals surface area contributed by atoms with Gasteiger partial charge in [0.2, 0.25) is 0 Å². The van der Waals surface area contributed by atoms with Gasteiger partial charge in [0.15, 0.2) is 0 Å². The third kappa shape index (κ3) is 6.49. The lowest BCUT2D eigenvalue weighted by Gasteiger charge is -2.24. The average Bonchev–Trinajstić information content (AvgIpc) is 2.37. The molecule has 0 bridgehead atoms. The molecule has 0 aliphatic carbocycles. The van der Waals surface area contributed by atoms with Gasteiger partial charge in [0.05, 0.1) is 12.2 Å². The minimum Gasteiger partial charge on any atom is -0.369 e. The maximum atomic E-state index is 13.4. The van der Waals surface area contributed by atoms with Crippen LogP contribution in [0.3, 0.4) is 0 Å². The van der Waals surface area contributed by atoms with E-state index in [0.717, 1.165) is 31.5 Å². The third-order valence-electron chi connectivity index (χ3n) is 3.18. The highest BCUT2D eigenvalue weighted by Crippen LogP contribution is 2.22. The highest BCUT2D eigenvalue weighted by molar-refractivity contribution is 5.19. The molecule has 1 rings (SSSR count). The van der Waals surface area contributed by atoms with Crippen LogP contribution in [0.2, 0.25) is 0 Å². The lowest BCUT2D eigenvalue weighted by atomic mass is 10.1. The topological polar surface area (TPSA) is 21.3 Å². The molecule has 0 aliphatic rings. The van der Waals surface area contributed by atoms with Crippen molar-refractivity contribution in [1.82, 2.24) is 5.32 Å². The van der Waals surface area contributed by atoms with Gasteiger partial charge in [-0.2, -0.15) is 0 Å². The summed E-state index contributed by atoms with van der Waals surface area (Å²) in [7, 11) is 0. The van der Waals surface area contributed by atoms with E-state index in [1.165, 1.54) is 6.07 Å². The van der Waals surface area contributed by atoms with E-state index in [1.54, 1.807) is 12.1 Å². The number of ether oxygens (including phenoxy) is 1. The Balaban J connectivity index is 2.69. The molecule has 0 saturated heterocycles. The van der Waals surface area contributed by atoms with E-state index in [4.69, 9.17) is 4.74 Å². The van der Waals surface area contributed by atoms with Crippen LogP contribution >= 0.6 is 0 Å². The molecule has 0 fully saturated rings. The van der Waals surface area contributed by atoms with Crippen LogP contribution in [-0.2, 0) is 4.74 Å². The summed E-state index contributed by atoms with van der Waals surface area (Å²) in [4.78, 5) is 0. The summed E-state index contributed by atoms with van der Waals surface area (Å²) < 4.78 is 19.5. The predicted molar refractivity (Wildman–Crippen MR) is 82.3 cm³/mol. The zero-order valence-corrected chi connectivity index (χ0v) is 13.2. The smallest absolute Gasteiger partial charge is 0.123 e. The van der Waals surface area contributed by atoms with E-state index in [9.17, 15) is 4.39 Å². The van der Waals surface area contributed by atoms with E-state index in [2.05, 4.69) is 33.0 Å². The summed E-state index contributed by atoms with van der Waals surface area (Å²) in [6.45, 7) is 10.3. The second kappa shape index (κ2) is 9.09. The van der Waals surface area contributed by atoms with Crippen LogP contribution in [0, 0.1) is 11.7 Å². The van der Waals surface area contributed by atoms with Crippen molar-refractivity contribution in [2.75, 3.05) is 13.1 Å². The number of halogens is 1. The van der Waals surface area contributed by atoms with Crippen LogP contribution in [-0.4, -0.2) is 19.2 Å². The summed E-state index contributed by atoms with van der Waals surface area (Å²) in [5, 5.41) is 3.36. The van der Waals surface area contributed by atoms with E-state index in [-0.39, 0.29) is 18.0 Å². The number of hydrogen-bond acceptors (Lipinski definition) is 2. The minimum absolute atomic E-state index is 0.0917. The minimum atomic E-state index is -0.205. The first-order chi connectivity index (χ1) is 9.52. The van der Waals surface area contributed by atoms with Gasteiger partial charge in [0.25, 0.3) is 0 Å². The summed E-state index contributed by atoms with van der Waals surface area (Å²) in [5.41, 5.74) is 0.907. The van der Waals surface area contributed by atoms with Crippen LogP contribution in [0.1, 0.15) is 52.2 Å². The number of benzene rings is 1. The number of nitrogens with one attached hydrogen (secondary N) is 1. The molecule has 1 aromatic rings. The molecule has 1 N–H and O–H groups in total. The van der Waals surface area contributed by atoms with Crippen LogP contribution in [0.15, 0.2) is 24.3 Å². The zero-order valence-electron chi connectivity index (χ0n) is 13.2. The van der Waals surface area contributed by atoms with Gasteiger partial charge < -0.3 is 10.1 Å². The van der Waals surface area contributed by atoms with Crippen LogP contribution in [0.5, 0.6) is 0 Å². The molecule has 0 radical (unpaired) electrons. The Bertz CT molecular complexity index is 381. The molecule has 3 heteroatoms. The van der Waals surface area contributed by atoms with Crippen LogP contribution in [0.4, 0.5) is 4.39 Å². The van der Waals surface area contributed by atoms with E-state index >= 15 is 0 Å². The summed E-state index contributed by atoms with van der Waals surface area (Å²) in [5.74, 6) is 0.393. The maximum Gasteiger partial charge on any atom is 0.123 e. The number of hydrogen-bond donors (Lipinski definition) is 1. The zero-order chi connectivity index (χ0) is 15.0. The largest absolute Gasteiger partial charge is 0.369 e. The molecular weight excluding hydrogens is 253 g/mol. The molecular formula is C17H28FNO. The lowest BCUT2D eigenvalue weighted by molar-refractivity contribution is -0.0126. The van der Waals surface area contributed by atoms with Gasteiger partial charge in [0.1, 0.15) is 5.82 Å². The fourth-order valence-corrected chi connectivity index (χ4v) is 2.36. The van der Waals surface area contributed by atoms with Crippen molar-refractivity contribution < 1.29 is 9.13 Å². The second-order valence-corrected chi connectivity index (χ2v) is 5.82. The van der Waals surface area contributed by atoms with Crippen molar-refractivity contribution in [3.8, 4) is 0 Å². The Morgan fingerprint density at radius 3 is 2.60 bits per heavy atom. The van der Waals surface area contributed by atoms with E-state index < -0.39 is 0 Å². The van der Waals surface area contributed by atoms with Crippen molar-refractivity contribution in [2.45, 2.75) is 52.7 Å². The standard InChI is InChI=1S/C17H28FNO/c1-5-9-19-12-17(20-14(4)10-13(2)3)15-7-6-8-16(18)11-15/h6-8,11,13-14,17,19H,5,9-10,12H2,1-4H3. The highest BCUT2D eigenvalue weighted by Gasteiger charge is 2.16. The molecule has 0 heterocycles. The molecule has 2 unspecified atom stereocenters. The van der Waals surface area contributed by atoms with Gasteiger partial charge in [-0.15, -0.1) is 0 Å². The average molecular weight is 281 g/mol. The van der Waals surface area contributed by atoms with Gasteiger partial charge in [0, 0.05) is 6.54 Å². The van der Waals surface area contributed by atoms with Gasteiger partial charge in [-0.25, -0.2) is 4.39 Å². The van der Waals surface area contributed by atoms with Crippen LogP contribution < -0.4 is 5.32 Å². The molecule has 1 aromatic carbocycles. The molecule has 0 amide bonds. The first-order valence-corrected chi connectivity index (χ1v) is 7.64. The third-order valence-corrected chi connectivity index (χ3v) is 3.18. The van der Waals surface area contributed by atoms with Gasteiger partial charge in [-0.3, -0.25) is 0 Å². The Morgan fingerprint density at radius 1 is 1.25 bits per heavy atom. The van der Waals surface area contributed by atoms with Crippen molar-refractivity contribution in [2.24, 2.45) is 5.92 Å². The van der Waals surface area contributed by atoms with E-state index in [1.807, 2.05) is 6.07 Å². The first-order valence-electron chi connectivity index (χ1n) is 7.64. The van der Waals surface area contributed by atoms with Gasteiger partial charge in [-0.05, 0) is 49.9 Å². The summed E-state index contributed by atoms with van der Waals surface area (Å²) in [6.07, 6.45) is 2.18. The molecule has 114 valence electrons. The van der Waals surface area contributed by atoms with Gasteiger partial charge in [-0.1, -0.05) is 32.9 Å². The molecule has 2 atom stereocenters. The summed E-state index contributed by atoms with van der Waals surface area (Å²) >= 11 is 0. The molecule has 0 aliphatic heterocycles. The van der Waals surface area contributed by atoms with Crippen molar-refractivity contribution in [3.63, 3.8) is 0 Å². The maximum absolute atomic E-state index is 13.4. The fraction of sp³-hybridized carbons (Fsp3) is 0.647. The monoisotopic (exact) mass is 281 g/mol. The first kappa shape index (κ1) is 17.1. The lowest BCUT2D eigenvalue weighted by Crippen LogP contribution is -2.27. The second-order valence-electron chi connectivity index (χ2n) is 5.82. The Morgan fingerprint density at radius 2 is 2.00 bits per heavy atom. The van der Waals surface area contributed by atoms with E-state index in [0.29, 0.717) is 5.92 Å². The Kier molecular flexibility index (Phi) is 7.78. The SMILES string of the molecule is CCCNCC(OC(C)CC(C)C)c1cccc(F)c1.